The second-order valence-corrected chi connectivity index (χ2v) is 9.09. The van der Waals surface area contributed by atoms with Gasteiger partial charge in [-0.1, -0.05) is 17.7 Å². The number of rotatable bonds is 5. The Balaban J connectivity index is 1.71. The summed E-state index contributed by atoms with van der Waals surface area (Å²) in [6.45, 7) is 0.444. The van der Waals surface area contributed by atoms with Crippen molar-refractivity contribution < 1.29 is 22.7 Å². The number of nitrogens with one attached hydrogen (secondary N) is 1. The molecule has 0 radical (unpaired) electrons. The quantitative estimate of drug-likeness (QED) is 0.726. The average molecular weight is 437 g/mol. The molecule has 2 aromatic carbocycles. The molecule has 154 valence electrons. The molecule has 1 amide bonds. The maximum Gasteiger partial charge on any atom is 0.337 e. The summed E-state index contributed by atoms with van der Waals surface area (Å²) in [5.41, 5.74) is 0.775. The van der Waals surface area contributed by atoms with Crippen molar-refractivity contribution in [2.75, 3.05) is 25.5 Å². The third-order valence-corrected chi connectivity index (χ3v) is 6.89. The van der Waals surface area contributed by atoms with Gasteiger partial charge in [0, 0.05) is 23.8 Å². The number of ether oxygens (including phenoxy) is 1. The molecule has 0 aromatic heterocycles. The number of carbonyl (C=O) groups is 2. The first-order chi connectivity index (χ1) is 13.8. The van der Waals surface area contributed by atoms with Crippen LogP contribution in [0.1, 0.15) is 23.2 Å². The van der Waals surface area contributed by atoms with Gasteiger partial charge < -0.3 is 10.1 Å². The molecule has 0 aliphatic carbocycles. The van der Waals surface area contributed by atoms with Crippen molar-refractivity contribution in [2.24, 2.45) is 5.92 Å². The van der Waals surface area contributed by atoms with Crippen LogP contribution in [0.4, 0.5) is 5.69 Å². The van der Waals surface area contributed by atoms with E-state index in [1.807, 2.05) is 0 Å². The highest BCUT2D eigenvalue weighted by Gasteiger charge is 2.33. The number of carbonyl (C=O) groups excluding carboxylic acids is 2. The average Bonchev–Trinajstić information content (AvgIpc) is 2.73. The molecule has 1 saturated heterocycles. The van der Waals surface area contributed by atoms with Crippen molar-refractivity contribution in [3.63, 3.8) is 0 Å². The molecule has 1 fully saturated rings. The molecule has 1 aliphatic heterocycles. The smallest absolute Gasteiger partial charge is 0.337 e. The Labute approximate surface area is 174 Å². The minimum absolute atomic E-state index is 0.0908. The molecule has 0 saturated carbocycles. The van der Waals surface area contributed by atoms with E-state index in [0.29, 0.717) is 35.7 Å². The molecule has 0 unspecified atom stereocenters. The van der Waals surface area contributed by atoms with Crippen LogP contribution in [-0.2, 0) is 19.6 Å². The van der Waals surface area contributed by atoms with Crippen LogP contribution in [0.2, 0.25) is 5.02 Å². The Bertz CT molecular complexity index is 1010. The van der Waals surface area contributed by atoms with Crippen LogP contribution in [0.5, 0.6) is 0 Å². The van der Waals surface area contributed by atoms with Crippen LogP contribution in [-0.4, -0.2) is 44.8 Å². The lowest BCUT2D eigenvalue weighted by Gasteiger charge is -2.31. The zero-order chi connectivity index (χ0) is 21.0. The molecule has 1 N–H and O–H groups in total. The first-order valence-corrected chi connectivity index (χ1v) is 10.9. The summed E-state index contributed by atoms with van der Waals surface area (Å²) >= 11 is 5.84. The van der Waals surface area contributed by atoms with Crippen LogP contribution >= 0.6 is 11.6 Å². The van der Waals surface area contributed by atoms with Crippen molar-refractivity contribution in [2.45, 2.75) is 17.7 Å². The minimum atomic E-state index is -3.71. The number of esters is 1. The van der Waals surface area contributed by atoms with E-state index in [0.717, 1.165) is 0 Å². The number of hydrogen-bond acceptors (Lipinski definition) is 5. The van der Waals surface area contributed by atoms with Gasteiger partial charge >= 0.3 is 5.97 Å². The first-order valence-electron chi connectivity index (χ1n) is 9.06. The summed E-state index contributed by atoms with van der Waals surface area (Å²) in [6.07, 6.45) is 1.16. The van der Waals surface area contributed by atoms with E-state index >= 15 is 0 Å². The normalized spacial score (nSPS) is 17.5. The number of nitrogens with zero attached hydrogens (tertiary/aromatic N) is 1. The Morgan fingerprint density at radius 2 is 1.90 bits per heavy atom. The van der Waals surface area contributed by atoms with Crippen LogP contribution in [0.15, 0.2) is 53.4 Å². The fourth-order valence-corrected chi connectivity index (χ4v) is 4.87. The van der Waals surface area contributed by atoms with Crippen LogP contribution in [0, 0.1) is 5.92 Å². The molecular weight excluding hydrogens is 416 g/mol. The van der Waals surface area contributed by atoms with Crippen molar-refractivity contribution >= 4 is 39.2 Å². The molecule has 3 rings (SSSR count). The van der Waals surface area contributed by atoms with Gasteiger partial charge in [0.2, 0.25) is 15.9 Å². The van der Waals surface area contributed by atoms with Crippen molar-refractivity contribution in [3.05, 3.63) is 59.1 Å². The molecule has 9 heteroatoms. The van der Waals surface area contributed by atoms with Crippen molar-refractivity contribution in [1.82, 2.24) is 4.31 Å². The maximum atomic E-state index is 12.9. The summed E-state index contributed by atoms with van der Waals surface area (Å²) in [4.78, 5) is 24.5. The number of halogens is 1. The van der Waals surface area contributed by atoms with Gasteiger partial charge in [0.05, 0.1) is 23.5 Å². The summed E-state index contributed by atoms with van der Waals surface area (Å²) in [7, 11) is -2.42. The van der Waals surface area contributed by atoms with Gasteiger partial charge in [-0.15, -0.1) is 0 Å². The van der Waals surface area contributed by atoms with Gasteiger partial charge in [-0.3, -0.25) is 4.79 Å². The van der Waals surface area contributed by atoms with Gasteiger partial charge in [0.1, 0.15) is 0 Å². The van der Waals surface area contributed by atoms with E-state index in [9.17, 15) is 18.0 Å². The molecular formula is C20H21ClN2O5S. The predicted octanol–water partition coefficient (Wildman–Crippen LogP) is 3.17. The van der Waals surface area contributed by atoms with E-state index in [-0.39, 0.29) is 17.3 Å². The minimum Gasteiger partial charge on any atom is -0.465 e. The van der Waals surface area contributed by atoms with Crippen LogP contribution in [0.3, 0.4) is 0 Å². The Kier molecular flexibility index (Phi) is 6.56. The summed E-state index contributed by atoms with van der Waals surface area (Å²) in [5, 5.41) is 3.22. The highest BCUT2D eigenvalue weighted by Crippen LogP contribution is 2.25. The van der Waals surface area contributed by atoms with Gasteiger partial charge in [-0.25, -0.2) is 13.2 Å². The summed E-state index contributed by atoms with van der Waals surface area (Å²) in [6, 6.07) is 12.4. The van der Waals surface area contributed by atoms with Crippen LogP contribution in [0.25, 0.3) is 0 Å². The van der Waals surface area contributed by atoms with Gasteiger partial charge in [-0.2, -0.15) is 4.31 Å². The molecule has 29 heavy (non-hydrogen) atoms. The number of methoxy groups -OCH3 is 1. The molecule has 7 nitrogen and oxygen atoms in total. The maximum absolute atomic E-state index is 12.9. The lowest BCUT2D eigenvalue weighted by atomic mass is 9.98. The fraction of sp³-hybridized carbons (Fsp3) is 0.300. The topological polar surface area (TPSA) is 92.8 Å². The predicted molar refractivity (Wildman–Crippen MR) is 109 cm³/mol. The molecule has 0 spiro atoms. The SMILES string of the molecule is COC(=O)c1cccc(NC(=O)[C@H]2CCCN(S(=O)(=O)c3ccc(Cl)cc3)C2)c1. The Morgan fingerprint density at radius 1 is 1.17 bits per heavy atom. The highest BCUT2D eigenvalue weighted by molar-refractivity contribution is 7.89. The standard InChI is InChI=1S/C20H21ClN2O5S/c1-28-20(25)14-4-2-6-17(12-14)22-19(24)15-5-3-11-23(13-15)29(26,27)18-9-7-16(21)8-10-18/h2,4,6-10,12,15H,3,5,11,13H2,1H3,(H,22,24)/t15-/m0/s1. The number of sulfonamides is 1. The third-order valence-electron chi connectivity index (χ3n) is 4.76. The lowest BCUT2D eigenvalue weighted by Crippen LogP contribution is -2.43. The second kappa shape index (κ2) is 8.94. The molecule has 1 aliphatic rings. The highest BCUT2D eigenvalue weighted by atomic mass is 35.5. The Hall–Kier alpha value is -2.42. The summed E-state index contributed by atoms with van der Waals surface area (Å²) < 4.78 is 31.8. The van der Waals surface area contributed by atoms with Crippen LogP contribution < -0.4 is 5.32 Å². The Morgan fingerprint density at radius 3 is 2.59 bits per heavy atom. The lowest BCUT2D eigenvalue weighted by molar-refractivity contribution is -0.120. The van der Waals surface area contributed by atoms with Gasteiger partial charge in [0.15, 0.2) is 0 Å². The van der Waals surface area contributed by atoms with E-state index in [4.69, 9.17) is 11.6 Å². The number of piperidine rings is 1. The third kappa shape index (κ3) is 4.95. The molecule has 0 bridgehead atoms. The van der Waals surface area contributed by atoms with E-state index < -0.39 is 21.9 Å². The zero-order valence-corrected chi connectivity index (χ0v) is 17.4. The van der Waals surface area contributed by atoms with E-state index in [2.05, 4.69) is 10.1 Å². The first kappa shape index (κ1) is 21.3. The number of benzene rings is 2. The molecule has 1 heterocycles. The largest absolute Gasteiger partial charge is 0.465 e. The van der Waals surface area contributed by atoms with Crippen molar-refractivity contribution in [3.8, 4) is 0 Å². The van der Waals surface area contributed by atoms with E-state index in [1.54, 1.807) is 18.2 Å². The van der Waals surface area contributed by atoms with E-state index in [1.165, 1.54) is 41.7 Å². The summed E-state index contributed by atoms with van der Waals surface area (Å²) in [5.74, 6) is -1.28. The van der Waals surface area contributed by atoms with Gasteiger partial charge in [-0.05, 0) is 55.3 Å². The second-order valence-electron chi connectivity index (χ2n) is 6.72. The monoisotopic (exact) mass is 436 g/mol. The zero-order valence-electron chi connectivity index (χ0n) is 15.8. The molecule has 2 aromatic rings. The number of anilines is 1. The number of hydrogen-bond donors (Lipinski definition) is 1. The van der Waals surface area contributed by atoms with Crippen molar-refractivity contribution in [1.29, 1.82) is 0 Å². The number of amides is 1. The van der Waals surface area contributed by atoms with Gasteiger partial charge in [0.25, 0.3) is 0 Å². The molecule has 1 atom stereocenters. The fourth-order valence-electron chi connectivity index (χ4n) is 3.22.